The van der Waals surface area contributed by atoms with Gasteiger partial charge in [-0.15, -0.1) is 0 Å². The average Bonchev–Trinajstić information content (AvgIpc) is 2.83. The zero-order valence-corrected chi connectivity index (χ0v) is 14.3. The first kappa shape index (κ1) is 16.1. The molecule has 116 valence electrons. The summed E-state index contributed by atoms with van der Waals surface area (Å²) in [4.78, 5) is 0. The van der Waals surface area contributed by atoms with Gasteiger partial charge in [0, 0.05) is 12.1 Å². The molecule has 0 aromatic heterocycles. The lowest BCUT2D eigenvalue weighted by Gasteiger charge is -2.41. The summed E-state index contributed by atoms with van der Waals surface area (Å²) in [6.07, 6.45) is 6.90. The lowest BCUT2D eigenvalue weighted by atomic mass is 9.73. The number of hydrogen-bond donors (Lipinski definition) is 1. The van der Waals surface area contributed by atoms with Crippen molar-refractivity contribution in [2.45, 2.75) is 78.8 Å². The molecule has 2 aliphatic carbocycles. The van der Waals surface area contributed by atoms with Crippen LogP contribution in [0.1, 0.15) is 66.7 Å². The van der Waals surface area contributed by atoms with Crippen molar-refractivity contribution >= 4 is 0 Å². The maximum absolute atomic E-state index is 4.16. The van der Waals surface area contributed by atoms with Crippen molar-refractivity contribution in [2.75, 3.05) is 0 Å². The van der Waals surface area contributed by atoms with Gasteiger partial charge in [0.15, 0.2) is 0 Å². The van der Waals surface area contributed by atoms with Gasteiger partial charge in [0.2, 0.25) is 0 Å². The summed E-state index contributed by atoms with van der Waals surface area (Å²) in [6, 6.07) is 1.40. The molecule has 5 atom stereocenters. The topological polar surface area (TPSA) is 12.0 Å². The van der Waals surface area contributed by atoms with E-state index in [-0.39, 0.29) is 0 Å². The lowest BCUT2D eigenvalue weighted by Crippen LogP contribution is -2.49. The number of rotatable bonds is 4. The summed E-state index contributed by atoms with van der Waals surface area (Å²) in [5.41, 5.74) is 1.40. The normalized spacial score (nSPS) is 43.5. The Balaban J connectivity index is 1.88. The first-order valence-electron chi connectivity index (χ1n) is 8.79. The summed E-state index contributed by atoms with van der Waals surface area (Å²) in [5, 5.41) is 4.01. The van der Waals surface area contributed by atoms with Gasteiger partial charge in [0.05, 0.1) is 0 Å². The Morgan fingerprint density at radius 1 is 1.05 bits per heavy atom. The minimum Gasteiger partial charge on any atom is -0.311 e. The highest BCUT2D eigenvalue weighted by atomic mass is 15.0. The Kier molecular flexibility index (Phi) is 5.34. The number of allylic oxidation sites excluding steroid dienone is 1. The van der Waals surface area contributed by atoms with Gasteiger partial charge in [-0.2, -0.15) is 0 Å². The van der Waals surface area contributed by atoms with Gasteiger partial charge in [-0.05, 0) is 75.5 Å². The fourth-order valence-corrected chi connectivity index (χ4v) is 4.91. The SMILES string of the molecule is C=C(C)C1CCC(C(C)NC2C(C)CC(C)CC2C)C1. The van der Waals surface area contributed by atoms with E-state index in [1.54, 1.807) is 0 Å². The summed E-state index contributed by atoms with van der Waals surface area (Å²) in [6.45, 7) is 16.1. The molecule has 0 radical (unpaired) electrons. The van der Waals surface area contributed by atoms with Crippen molar-refractivity contribution in [1.82, 2.24) is 5.32 Å². The lowest BCUT2D eigenvalue weighted by molar-refractivity contribution is 0.143. The minimum absolute atomic E-state index is 0.669. The van der Waals surface area contributed by atoms with Crippen LogP contribution >= 0.6 is 0 Å². The van der Waals surface area contributed by atoms with E-state index >= 15 is 0 Å². The molecule has 0 aliphatic heterocycles. The molecule has 2 rings (SSSR count). The number of hydrogen-bond acceptors (Lipinski definition) is 1. The van der Waals surface area contributed by atoms with E-state index in [2.05, 4.69) is 46.5 Å². The molecule has 0 saturated heterocycles. The second kappa shape index (κ2) is 6.64. The van der Waals surface area contributed by atoms with E-state index in [9.17, 15) is 0 Å². The molecular formula is C19H35N. The highest BCUT2D eigenvalue weighted by Crippen LogP contribution is 2.38. The quantitative estimate of drug-likeness (QED) is 0.711. The Bertz CT molecular complexity index is 323. The Hall–Kier alpha value is -0.300. The van der Waals surface area contributed by atoms with Gasteiger partial charge in [0.1, 0.15) is 0 Å². The average molecular weight is 277 g/mol. The van der Waals surface area contributed by atoms with Crippen LogP contribution in [-0.4, -0.2) is 12.1 Å². The van der Waals surface area contributed by atoms with E-state index in [4.69, 9.17) is 0 Å². The standard InChI is InChI=1S/C19H35N/c1-12(2)17-7-8-18(11-17)16(6)20-19-14(4)9-13(3)10-15(19)5/h13-20H,1,7-11H2,2-6H3. The van der Waals surface area contributed by atoms with Crippen molar-refractivity contribution in [2.24, 2.45) is 29.6 Å². The van der Waals surface area contributed by atoms with Crippen LogP contribution in [0.25, 0.3) is 0 Å². The molecule has 1 nitrogen and oxygen atoms in total. The van der Waals surface area contributed by atoms with Crippen LogP contribution < -0.4 is 5.32 Å². The fourth-order valence-electron chi connectivity index (χ4n) is 4.91. The van der Waals surface area contributed by atoms with Crippen molar-refractivity contribution in [3.05, 3.63) is 12.2 Å². The summed E-state index contributed by atoms with van der Waals surface area (Å²) in [7, 11) is 0. The third-order valence-electron chi connectivity index (χ3n) is 6.11. The molecule has 0 bridgehead atoms. The first-order chi connectivity index (χ1) is 9.38. The van der Waals surface area contributed by atoms with E-state index in [0.717, 1.165) is 35.6 Å². The molecule has 1 N–H and O–H groups in total. The van der Waals surface area contributed by atoms with Gasteiger partial charge in [-0.1, -0.05) is 32.9 Å². The van der Waals surface area contributed by atoms with Crippen LogP contribution in [0.4, 0.5) is 0 Å². The molecule has 0 heterocycles. The Labute approximate surface area is 126 Å². The smallest absolute Gasteiger partial charge is 0.0121 e. The molecule has 2 aliphatic rings. The molecule has 0 aromatic rings. The molecule has 5 unspecified atom stereocenters. The van der Waals surface area contributed by atoms with Crippen LogP contribution in [0.2, 0.25) is 0 Å². The molecule has 2 fully saturated rings. The zero-order valence-electron chi connectivity index (χ0n) is 14.3. The molecule has 0 aromatic carbocycles. The van der Waals surface area contributed by atoms with Gasteiger partial charge < -0.3 is 5.32 Å². The van der Waals surface area contributed by atoms with Crippen LogP contribution in [-0.2, 0) is 0 Å². The summed E-state index contributed by atoms with van der Waals surface area (Å²) < 4.78 is 0. The summed E-state index contributed by atoms with van der Waals surface area (Å²) >= 11 is 0. The van der Waals surface area contributed by atoms with Crippen LogP contribution in [0.3, 0.4) is 0 Å². The minimum atomic E-state index is 0.669. The maximum Gasteiger partial charge on any atom is 0.0121 e. The van der Waals surface area contributed by atoms with E-state index < -0.39 is 0 Å². The van der Waals surface area contributed by atoms with Crippen LogP contribution in [0.15, 0.2) is 12.2 Å². The molecule has 1 heteroatoms. The predicted molar refractivity (Wildman–Crippen MR) is 88.8 cm³/mol. The zero-order chi connectivity index (χ0) is 14.9. The third kappa shape index (κ3) is 3.67. The largest absolute Gasteiger partial charge is 0.311 e. The molecule has 20 heavy (non-hydrogen) atoms. The van der Waals surface area contributed by atoms with Crippen molar-refractivity contribution in [1.29, 1.82) is 0 Å². The first-order valence-corrected chi connectivity index (χ1v) is 8.79. The van der Waals surface area contributed by atoms with Gasteiger partial charge in [-0.25, -0.2) is 0 Å². The second-order valence-corrected chi connectivity index (χ2v) is 8.13. The summed E-state index contributed by atoms with van der Waals surface area (Å²) in [5.74, 6) is 4.21. The van der Waals surface area contributed by atoms with E-state index in [1.165, 1.54) is 37.7 Å². The molecule has 0 spiro atoms. The fraction of sp³-hybridized carbons (Fsp3) is 0.895. The molecule has 2 saturated carbocycles. The monoisotopic (exact) mass is 277 g/mol. The van der Waals surface area contributed by atoms with Crippen molar-refractivity contribution in [3.63, 3.8) is 0 Å². The Morgan fingerprint density at radius 2 is 1.65 bits per heavy atom. The highest BCUT2D eigenvalue weighted by Gasteiger charge is 2.35. The van der Waals surface area contributed by atoms with Crippen LogP contribution in [0, 0.1) is 29.6 Å². The van der Waals surface area contributed by atoms with Crippen molar-refractivity contribution < 1.29 is 0 Å². The highest BCUT2D eigenvalue weighted by molar-refractivity contribution is 5.01. The number of nitrogens with one attached hydrogen (secondary N) is 1. The third-order valence-corrected chi connectivity index (χ3v) is 6.11. The van der Waals surface area contributed by atoms with Gasteiger partial charge in [-0.3, -0.25) is 0 Å². The van der Waals surface area contributed by atoms with E-state index in [0.29, 0.717) is 6.04 Å². The van der Waals surface area contributed by atoms with Gasteiger partial charge in [0.25, 0.3) is 0 Å². The van der Waals surface area contributed by atoms with Crippen LogP contribution in [0.5, 0.6) is 0 Å². The Morgan fingerprint density at radius 3 is 2.15 bits per heavy atom. The van der Waals surface area contributed by atoms with Crippen molar-refractivity contribution in [3.8, 4) is 0 Å². The molecular weight excluding hydrogens is 242 g/mol. The maximum atomic E-state index is 4.16. The van der Waals surface area contributed by atoms with E-state index in [1.807, 2.05) is 0 Å². The second-order valence-electron chi connectivity index (χ2n) is 8.13. The molecule has 0 amide bonds. The van der Waals surface area contributed by atoms with Gasteiger partial charge >= 0.3 is 0 Å². The predicted octanol–water partition coefficient (Wildman–Crippen LogP) is 5.03.